The lowest BCUT2D eigenvalue weighted by Crippen LogP contribution is -2.39. The lowest BCUT2D eigenvalue weighted by Gasteiger charge is -2.33. The van der Waals surface area contributed by atoms with E-state index in [1.807, 2.05) is 11.0 Å². The zero-order valence-electron chi connectivity index (χ0n) is 14.0. The van der Waals surface area contributed by atoms with Gasteiger partial charge in [-0.3, -0.25) is 4.79 Å². The molecule has 1 aromatic heterocycles. The largest absolute Gasteiger partial charge is 0.373 e. The predicted molar refractivity (Wildman–Crippen MR) is 96.0 cm³/mol. The molecule has 0 radical (unpaired) electrons. The highest BCUT2D eigenvalue weighted by molar-refractivity contribution is 5.95. The van der Waals surface area contributed by atoms with Crippen LogP contribution in [0.4, 0.5) is 5.82 Å². The number of hydrogen-bond donors (Lipinski definition) is 2. The molecule has 0 bridgehead atoms. The monoisotopic (exact) mass is 324 g/mol. The molecule has 5 nitrogen and oxygen atoms in total. The molecule has 3 rings (SSSR count). The van der Waals surface area contributed by atoms with Gasteiger partial charge in [-0.25, -0.2) is 4.98 Å². The van der Waals surface area contributed by atoms with Crippen LogP contribution in [-0.4, -0.2) is 35.9 Å². The lowest BCUT2D eigenvalue weighted by atomic mass is 9.90. The molecule has 1 aliphatic heterocycles. The van der Waals surface area contributed by atoms with Gasteiger partial charge in [-0.05, 0) is 36.1 Å². The highest BCUT2D eigenvalue weighted by Crippen LogP contribution is 2.28. The van der Waals surface area contributed by atoms with Gasteiger partial charge < -0.3 is 16.0 Å². The minimum atomic E-state index is 0.0807. The van der Waals surface area contributed by atoms with E-state index < -0.39 is 0 Å². The van der Waals surface area contributed by atoms with Crippen molar-refractivity contribution in [2.45, 2.75) is 25.3 Å². The quantitative estimate of drug-likeness (QED) is 0.907. The van der Waals surface area contributed by atoms with Crippen LogP contribution in [0.3, 0.4) is 0 Å². The molecule has 0 saturated carbocycles. The third-order valence-electron chi connectivity index (χ3n) is 4.66. The molecule has 24 heavy (non-hydrogen) atoms. The molecule has 1 aromatic carbocycles. The average Bonchev–Trinajstić information content (AvgIpc) is 2.67. The van der Waals surface area contributed by atoms with E-state index in [1.54, 1.807) is 19.3 Å². The average molecular weight is 324 g/mol. The van der Waals surface area contributed by atoms with E-state index in [9.17, 15) is 4.79 Å². The lowest BCUT2D eigenvalue weighted by molar-refractivity contribution is 0.0707. The van der Waals surface area contributed by atoms with E-state index in [1.165, 1.54) is 5.56 Å². The number of nitrogens with one attached hydrogen (secondary N) is 1. The second-order valence-electron chi connectivity index (χ2n) is 6.22. The van der Waals surface area contributed by atoms with Crippen LogP contribution in [0.1, 0.15) is 40.2 Å². The first-order valence-corrected chi connectivity index (χ1v) is 8.43. The van der Waals surface area contributed by atoms with Gasteiger partial charge in [0, 0.05) is 44.4 Å². The van der Waals surface area contributed by atoms with E-state index in [-0.39, 0.29) is 5.91 Å². The summed E-state index contributed by atoms with van der Waals surface area (Å²) in [4.78, 5) is 18.9. The normalized spacial score (nSPS) is 17.6. The number of carbonyl (C=O) groups is 1. The number of nitrogens with zero attached hydrogens (tertiary/aromatic N) is 2. The molecule has 0 aliphatic carbocycles. The van der Waals surface area contributed by atoms with E-state index in [0.29, 0.717) is 23.8 Å². The van der Waals surface area contributed by atoms with E-state index in [2.05, 4.69) is 34.6 Å². The Morgan fingerprint density at radius 3 is 2.83 bits per heavy atom. The first-order chi connectivity index (χ1) is 11.7. The van der Waals surface area contributed by atoms with Crippen molar-refractivity contribution in [3.05, 3.63) is 59.3 Å². The van der Waals surface area contributed by atoms with Crippen LogP contribution in [0.15, 0.2) is 42.6 Å². The maximum absolute atomic E-state index is 12.8. The molecular formula is C19H24N4O. The van der Waals surface area contributed by atoms with Crippen LogP contribution in [0.25, 0.3) is 0 Å². The van der Waals surface area contributed by atoms with Crippen LogP contribution in [0, 0.1) is 0 Å². The van der Waals surface area contributed by atoms with Crippen molar-refractivity contribution >= 4 is 11.7 Å². The fourth-order valence-electron chi connectivity index (χ4n) is 3.24. The number of carbonyl (C=O) groups excluding carboxylic acids is 1. The minimum absolute atomic E-state index is 0.0807. The molecule has 1 fully saturated rings. The van der Waals surface area contributed by atoms with Crippen molar-refractivity contribution in [3.63, 3.8) is 0 Å². The predicted octanol–water partition coefficient (Wildman–Crippen LogP) is 2.60. The first-order valence-electron chi connectivity index (χ1n) is 8.43. The van der Waals surface area contributed by atoms with Gasteiger partial charge in [-0.1, -0.05) is 24.3 Å². The van der Waals surface area contributed by atoms with Crippen LogP contribution in [-0.2, 0) is 6.54 Å². The SMILES string of the molecule is CNc1cc(C(=O)N2CCCC(c3ccc(CN)cc3)C2)ccn1. The highest BCUT2D eigenvalue weighted by atomic mass is 16.2. The molecule has 1 saturated heterocycles. The van der Waals surface area contributed by atoms with E-state index in [0.717, 1.165) is 31.5 Å². The summed E-state index contributed by atoms with van der Waals surface area (Å²) in [6.45, 7) is 2.14. The van der Waals surface area contributed by atoms with Gasteiger partial charge >= 0.3 is 0 Å². The molecule has 1 amide bonds. The van der Waals surface area contributed by atoms with Crippen molar-refractivity contribution in [2.75, 3.05) is 25.5 Å². The number of pyridine rings is 1. The number of rotatable bonds is 4. The Morgan fingerprint density at radius 2 is 2.12 bits per heavy atom. The Morgan fingerprint density at radius 1 is 1.33 bits per heavy atom. The summed E-state index contributed by atoms with van der Waals surface area (Å²) in [5.74, 6) is 1.18. The number of nitrogens with two attached hydrogens (primary N) is 1. The van der Waals surface area contributed by atoms with Crippen molar-refractivity contribution in [1.29, 1.82) is 0 Å². The number of aromatic nitrogens is 1. The van der Waals surface area contributed by atoms with Crippen molar-refractivity contribution < 1.29 is 4.79 Å². The summed E-state index contributed by atoms with van der Waals surface area (Å²) in [5.41, 5.74) is 8.78. The van der Waals surface area contributed by atoms with Gasteiger partial charge in [0.05, 0.1) is 0 Å². The van der Waals surface area contributed by atoms with Crippen LogP contribution < -0.4 is 11.1 Å². The second-order valence-corrected chi connectivity index (χ2v) is 6.22. The maximum Gasteiger partial charge on any atom is 0.254 e. The molecule has 3 N–H and O–H groups in total. The Balaban J connectivity index is 1.73. The van der Waals surface area contributed by atoms with E-state index in [4.69, 9.17) is 5.73 Å². The Hall–Kier alpha value is -2.40. The van der Waals surface area contributed by atoms with Crippen molar-refractivity contribution in [3.8, 4) is 0 Å². The number of likely N-dealkylation sites (tertiary alicyclic amines) is 1. The Bertz CT molecular complexity index is 699. The summed E-state index contributed by atoms with van der Waals surface area (Å²) in [5, 5.41) is 2.98. The highest BCUT2D eigenvalue weighted by Gasteiger charge is 2.25. The van der Waals surface area contributed by atoms with Gasteiger partial charge in [0.15, 0.2) is 0 Å². The van der Waals surface area contributed by atoms with Crippen molar-refractivity contribution in [1.82, 2.24) is 9.88 Å². The standard InChI is InChI=1S/C19H24N4O/c1-21-18-11-16(8-9-22-18)19(24)23-10-2-3-17(13-23)15-6-4-14(12-20)5-7-15/h4-9,11,17H,2-3,10,12-13,20H2,1H3,(H,21,22). The summed E-state index contributed by atoms with van der Waals surface area (Å²) in [6, 6.07) is 12.0. The topological polar surface area (TPSA) is 71.2 Å². The zero-order valence-corrected chi connectivity index (χ0v) is 14.0. The molecule has 126 valence electrons. The van der Waals surface area contributed by atoms with Crippen LogP contribution in [0.5, 0.6) is 0 Å². The number of benzene rings is 1. The molecule has 2 aromatic rings. The Labute approximate surface area is 142 Å². The molecule has 1 aliphatic rings. The van der Waals surface area contributed by atoms with Crippen LogP contribution >= 0.6 is 0 Å². The zero-order chi connectivity index (χ0) is 16.9. The van der Waals surface area contributed by atoms with E-state index >= 15 is 0 Å². The first kappa shape index (κ1) is 16.5. The summed E-state index contributed by atoms with van der Waals surface area (Å²) in [6.07, 6.45) is 3.81. The molecule has 5 heteroatoms. The van der Waals surface area contributed by atoms with Gasteiger partial charge in [0.25, 0.3) is 5.91 Å². The molecule has 2 heterocycles. The molecule has 1 atom stereocenters. The summed E-state index contributed by atoms with van der Waals surface area (Å²) >= 11 is 0. The third kappa shape index (κ3) is 3.57. The van der Waals surface area contributed by atoms with Crippen molar-refractivity contribution in [2.24, 2.45) is 5.73 Å². The van der Waals surface area contributed by atoms with Gasteiger partial charge in [0.2, 0.25) is 0 Å². The maximum atomic E-state index is 12.8. The third-order valence-corrected chi connectivity index (χ3v) is 4.66. The van der Waals surface area contributed by atoms with Gasteiger partial charge in [0.1, 0.15) is 5.82 Å². The molecule has 0 spiro atoms. The number of amides is 1. The second kappa shape index (κ2) is 7.45. The fourth-order valence-corrected chi connectivity index (χ4v) is 3.24. The number of piperidine rings is 1. The summed E-state index contributed by atoms with van der Waals surface area (Å²) < 4.78 is 0. The summed E-state index contributed by atoms with van der Waals surface area (Å²) in [7, 11) is 1.80. The van der Waals surface area contributed by atoms with Crippen LogP contribution in [0.2, 0.25) is 0 Å². The number of hydrogen-bond acceptors (Lipinski definition) is 4. The minimum Gasteiger partial charge on any atom is -0.373 e. The number of anilines is 1. The molecule has 1 unspecified atom stereocenters. The fraction of sp³-hybridized carbons (Fsp3) is 0.368. The van der Waals surface area contributed by atoms with Gasteiger partial charge in [-0.2, -0.15) is 0 Å². The molecular weight excluding hydrogens is 300 g/mol. The Kier molecular flexibility index (Phi) is 5.11. The van der Waals surface area contributed by atoms with Gasteiger partial charge in [-0.15, -0.1) is 0 Å². The smallest absolute Gasteiger partial charge is 0.254 e.